The smallest absolute Gasteiger partial charge is 0.248 e. The minimum absolute atomic E-state index is 0.143. The highest BCUT2D eigenvalue weighted by Gasteiger charge is 2.31. The van der Waals surface area contributed by atoms with Crippen molar-refractivity contribution in [1.29, 1.82) is 0 Å². The van der Waals surface area contributed by atoms with Crippen LogP contribution >= 0.6 is 0 Å². The molecule has 0 atom stereocenters. The second-order valence-corrected chi connectivity index (χ2v) is 3.95. The summed E-state index contributed by atoms with van der Waals surface area (Å²) in [5.41, 5.74) is 0.865. The summed E-state index contributed by atoms with van der Waals surface area (Å²) in [6.45, 7) is 0.481. The fraction of sp³-hybridized carbons (Fsp3) is 0.800. The predicted molar refractivity (Wildman–Crippen MR) is 53.0 cm³/mol. The van der Waals surface area contributed by atoms with Gasteiger partial charge >= 0.3 is 0 Å². The Labute approximate surface area is 83.9 Å². The van der Waals surface area contributed by atoms with E-state index in [0.717, 1.165) is 18.6 Å². The van der Waals surface area contributed by atoms with Crippen molar-refractivity contribution in [2.75, 3.05) is 13.7 Å². The van der Waals surface area contributed by atoms with Crippen molar-refractivity contribution in [3.63, 3.8) is 0 Å². The number of nitrogens with zero attached hydrogens (tertiary/aromatic N) is 2. The molecule has 0 aromatic heterocycles. The number of carbonyl (C=O) groups excluding carboxylic acids is 1. The predicted octanol–water partition coefficient (Wildman–Crippen LogP) is 1.16. The van der Waals surface area contributed by atoms with E-state index in [9.17, 15) is 4.79 Å². The summed E-state index contributed by atoms with van der Waals surface area (Å²) in [5.74, 6) is 0.143. The Morgan fingerprint density at radius 3 is 2.86 bits per heavy atom. The summed E-state index contributed by atoms with van der Waals surface area (Å²) in [4.78, 5) is 11.6. The molecule has 1 saturated carbocycles. The molecule has 4 heteroatoms. The van der Waals surface area contributed by atoms with Crippen LogP contribution in [0.1, 0.15) is 32.1 Å². The molecule has 0 radical (unpaired) electrons. The van der Waals surface area contributed by atoms with Crippen molar-refractivity contribution in [3.05, 3.63) is 0 Å². The number of rotatable bonds is 3. The molecule has 0 unspecified atom stereocenters. The van der Waals surface area contributed by atoms with Crippen LogP contribution in [-0.2, 0) is 9.53 Å². The monoisotopic (exact) mass is 196 g/mol. The molecule has 4 nitrogen and oxygen atoms in total. The number of hydrogen-bond donors (Lipinski definition) is 0. The lowest BCUT2D eigenvalue weighted by Gasteiger charge is -2.18. The van der Waals surface area contributed by atoms with Crippen LogP contribution < -0.4 is 0 Å². The summed E-state index contributed by atoms with van der Waals surface area (Å²) in [6, 6.07) is 0.358. The average molecular weight is 196 g/mol. The van der Waals surface area contributed by atoms with Crippen LogP contribution in [-0.4, -0.2) is 36.4 Å². The van der Waals surface area contributed by atoms with E-state index in [2.05, 4.69) is 5.10 Å². The lowest BCUT2D eigenvalue weighted by molar-refractivity contribution is -0.130. The molecular weight excluding hydrogens is 180 g/mol. The van der Waals surface area contributed by atoms with Crippen LogP contribution in [0.4, 0.5) is 0 Å². The third-order valence-electron chi connectivity index (χ3n) is 2.84. The first-order valence-electron chi connectivity index (χ1n) is 5.18. The van der Waals surface area contributed by atoms with Crippen LogP contribution in [0.15, 0.2) is 5.10 Å². The molecule has 1 amide bonds. The van der Waals surface area contributed by atoms with Crippen molar-refractivity contribution in [2.45, 2.75) is 38.1 Å². The first-order chi connectivity index (χ1) is 6.81. The average Bonchev–Trinajstić information content (AvgIpc) is 2.74. The number of methoxy groups -OCH3 is 1. The number of hydrogen-bond acceptors (Lipinski definition) is 3. The zero-order valence-electron chi connectivity index (χ0n) is 8.53. The van der Waals surface area contributed by atoms with E-state index in [4.69, 9.17) is 4.74 Å². The largest absolute Gasteiger partial charge is 0.379 e. The van der Waals surface area contributed by atoms with Gasteiger partial charge in [-0.1, -0.05) is 12.8 Å². The fourth-order valence-corrected chi connectivity index (χ4v) is 2.18. The molecule has 2 aliphatic rings. The van der Waals surface area contributed by atoms with E-state index in [1.165, 1.54) is 12.8 Å². The molecule has 1 aliphatic carbocycles. The van der Waals surface area contributed by atoms with E-state index in [1.807, 2.05) is 0 Å². The van der Waals surface area contributed by atoms with E-state index in [0.29, 0.717) is 19.1 Å². The van der Waals surface area contributed by atoms with Gasteiger partial charge in [-0.3, -0.25) is 4.79 Å². The van der Waals surface area contributed by atoms with E-state index >= 15 is 0 Å². The maximum Gasteiger partial charge on any atom is 0.248 e. The van der Waals surface area contributed by atoms with E-state index < -0.39 is 0 Å². The van der Waals surface area contributed by atoms with Gasteiger partial charge < -0.3 is 4.74 Å². The first-order valence-corrected chi connectivity index (χ1v) is 5.18. The number of amides is 1. The summed E-state index contributed by atoms with van der Waals surface area (Å²) in [5, 5.41) is 6.00. The highest BCUT2D eigenvalue weighted by Crippen LogP contribution is 2.26. The molecule has 2 rings (SSSR count). The van der Waals surface area contributed by atoms with Crippen LogP contribution in [0.3, 0.4) is 0 Å². The maximum atomic E-state index is 11.6. The minimum atomic E-state index is 0.143. The van der Waals surface area contributed by atoms with Crippen LogP contribution in [0.25, 0.3) is 0 Å². The quantitative estimate of drug-likeness (QED) is 0.679. The Bertz CT molecular complexity index is 257. The molecule has 14 heavy (non-hydrogen) atoms. The van der Waals surface area contributed by atoms with Gasteiger partial charge in [-0.2, -0.15) is 5.10 Å². The van der Waals surface area contributed by atoms with Gasteiger partial charge in [-0.05, 0) is 12.8 Å². The Balaban J connectivity index is 2.00. The Hall–Kier alpha value is -0.900. The van der Waals surface area contributed by atoms with Gasteiger partial charge in [0, 0.05) is 7.11 Å². The number of hydrazone groups is 1. The molecule has 1 fully saturated rings. The van der Waals surface area contributed by atoms with Gasteiger partial charge in [-0.25, -0.2) is 5.01 Å². The summed E-state index contributed by atoms with van der Waals surface area (Å²) >= 11 is 0. The van der Waals surface area contributed by atoms with Gasteiger partial charge in [0.2, 0.25) is 5.91 Å². The zero-order valence-corrected chi connectivity index (χ0v) is 8.53. The Kier molecular flexibility index (Phi) is 2.82. The molecule has 1 heterocycles. The van der Waals surface area contributed by atoms with Gasteiger partial charge in [0.25, 0.3) is 0 Å². The molecular formula is C10H16N2O2. The SMILES string of the molecule is COCC1=NN(C2CCCC2)C(=O)C1. The highest BCUT2D eigenvalue weighted by molar-refractivity contribution is 6.05. The fourth-order valence-electron chi connectivity index (χ4n) is 2.18. The van der Waals surface area contributed by atoms with Crippen LogP contribution in [0.2, 0.25) is 0 Å². The van der Waals surface area contributed by atoms with E-state index in [-0.39, 0.29) is 5.91 Å². The van der Waals surface area contributed by atoms with Crippen molar-refractivity contribution in [2.24, 2.45) is 5.10 Å². The topological polar surface area (TPSA) is 41.9 Å². The molecule has 0 saturated heterocycles. The van der Waals surface area contributed by atoms with Gasteiger partial charge in [0.1, 0.15) is 0 Å². The lowest BCUT2D eigenvalue weighted by Crippen LogP contribution is -2.30. The molecule has 0 spiro atoms. The normalized spacial score (nSPS) is 23.4. The second-order valence-electron chi connectivity index (χ2n) is 3.95. The third-order valence-corrected chi connectivity index (χ3v) is 2.84. The minimum Gasteiger partial charge on any atom is -0.379 e. The lowest BCUT2D eigenvalue weighted by atomic mass is 10.2. The van der Waals surface area contributed by atoms with Crippen molar-refractivity contribution >= 4 is 11.6 Å². The Morgan fingerprint density at radius 2 is 2.21 bits per heavy atom. The van der Waals surface area contributed by atoms with Gasteiger partial charge in [0.05, 0.1) is 24.8 Å². The number of ether oxygens (including phenoxy) is 1. The molecule has 0 aromatic rings. The summed E-state index contributed by atoms with van der Waals surface area (Å²) in [6.07, 6.45) is 5.11. The number of carbonyl (C=O) groups is 1. The summed E-state index contributed by atoms with van der Waals surface area (Å²) in [7, 11) is 1.63. The third kappa shape index (κ3) is 1.80. The van der Waals surface area contributed by atoms with Gasteiger partial charge in [0.15, 0.2) is 0 Å². The van der Waals surface area contributed by atoms with E-state index in [1.54, 1.807) is 12.1 Å². The molecule has 0 bridgehead atoms. The van der Waals surface area contributed by atoms with Crippen LogP contribution in [0.5, 0.6) is 0 Å². The van der Waals surface area contributed by atoms with Crippen molar-refractivity contribution in [3.8, 4) is 0 Å². The molecule has 78 valence electrons. The second kappa shape index (κ2) is 4.09. The first kappa shape index (κ1) is 9.65. The maximum absolute atomic E-state index is 11.6. The van der Waals surface area contributed by atoms with Crippen LogP contribution in [0, 0.1) is 0 Å². The zero-order chi connectivity index (χ0) is 9.97. The standard InChI is InChI=1S/C10H16N2O2/c1-14-7-8-6-10(13)12(11-8)9-4-2-3-5-9/h9H,2-7H2,1H3. The van der Waals surface area contributed by atoms with Crippen molar-refractivity contribution in [1.82, 2.24) is 5.01 Å². The van der Waals surface area contributed by atoms with Gasteiger partial charge in [-0.15, -0.1) is 0 Å². The summed E-state index contributed by atoms with van der Waals surface area (Å²) < 4.78 is 4.98. The molecule has 0 N–H and O–H groups in total. The highest BCUT2D eigenvalue weighted by atomic mass is 16.5. The molecule has 0 aromatic carbocycles. The molecule has 1 aliphatic heterocycles. The Morgan fingerprint density at radius 1 is 1.50 bits per heavy atom. The van der Waals surface area contributed by atoms with Crippen molar-refractivity contribution < 1.29 is 9.53 Å².